The number of amides is 4. The minimum Gasteiger partial charge on any atom is -0.497 e. The summed E-state index contributed by atoms with van der Waals surface area (Å²) in [6.07, 6.45) is 1.72. The molecule has 2 aromatic carbocycles. The zero-order chi connectivity index (χ0) is 24.2. The fourth-order valence-corrected chi connectivity index (χ4v) is 4.94. The summed E-state index contributed by atoms with van der Waals surface area (Å²) in [6, 6.07) is 13.9. The van der Waals surface area contributed by atoms with Gasteiger partial charge in [0.2, 0.25) is 5.91 Å². The van der Waals surface area contributed by atoms with Crippen molar-refractivity contribution in [3.05, 3.63) is 70.1 Å². The minimum atomic E-state index is -0.395. The molecule has 174 valence electrons. The molecule has 0 atom stereocenters. The van der Waals surface area contributed by atoms with Gasteiger partial charge in [0.05, 0.1) is 23.1 Å². The van der Waals surface area contributed by atoms with Crippen LogP contribution in [0.4, 0.5) is 0 Å². The van der Waals surface area contributed by atoms with Crippen LogP contribution in [0.1, 0.15) is 32.7 Å². The van der Waals surface area contributed by atoms with Crippen molar-refractivity contribution in [2.75, 3.05) is 26.7 Å². The monoisotopic (exact) mass is 495 g/mol. The van der Waals surface area contributed by atoms with Gasteiger partial charge < -0.3 is 10.1 Å². The van der Waals surface area contributed by atoms with E-state index >= 15 is 0 Å². The Morgan fingerprint density at radius 2 is 1.71 bits per heavy atom. The van der Waals surface area contributed by atoms with Crippen LogP contribution in [-0.4, -0.2) is 64.5 Å². The number of carbonyl (C=O) groups excluding carboxylic acids is 4. The lowest BCUT2D eigenvalue weighted by molar-refractivity contribution is -0.124. The molecule has 8 nitrogen and oxygen atoms in total. The molecule has 1 fully saturated rings. The van der Waals surface area contributed by atoms with Crippen LogP contribution in [0.3, 0.4) is 0 Å². The Bertz CT molecular complexity index is 1190. The first kappa shape index (κ1) is 23.7. The molecule has 0 spiro atoms. The maximum absolute atomic E-state index is 12.8. The number of nitrogens with one attached hydrogen (secondary N) is 1. The fourth-order valence-electron chi connectivity index (χ4n) is 3.63. The molecule has 2 aromatic rings. The zero-order valence-corrected chi connectivity index (χ0v) is 19.9. The van der Waals surface area contributed by atoms with Gasteiger partial charge in [-0.3, -0.25) is 29.0 Å². The molecule has 4 rings (SSSR count). The predicted octanol–water partition coefficient (Wildman–Crippen LogP) is 2.70. The van der Waals surface area contributed by atoms with Gasteiger partial charge in [0.15, 0.2) is 0 Å². The molecular formula is C24H21N3O5S2. The van der Waals surface area contributed by atoms with Crippen molar-refractivity contribution in [3.63, 3.8) is 0 Å². The number of carbonyl (C=O) groups is 4. The minimum absolute atomic E-state index is 0.0114. The largest absolute Gasteiger partial charge is 0.497 e. The summed E-state index contributed by atoms with van der Waals surface area (Å²) >= 11 is 6.54. The second kappa shape index (κ2) is 10.2. The Balaban J connectivity index is 1.26. The smallest absolute Gasteiger partial charge is 0.266 e. The van der Waals surface area contributed by atoms with Crippen LogP contribution >= 0.6 is 24.0 Å². The summed E-state index contributed by atoms with van der Waals surface area (Å²) in [4.78, 5) is 52.8. The van der Waals surface area contributed by atoms with E-state index in [9.17, 15) is 19.2 Å². The van der Waals surface area contributed by atoms with E-state index in [1.165, 1.54) is 16.7 Å². The van der Waals surface area contributed by atoms with Gasteiger partial charge in [0.25, 0.3) is 17.7 Å². The second-order valence-corrected chi connectivity index (χ2v) is 9.19. The predicted molar refractivity (Wildman–Crippen MR) is 132 cm³/mol. The quantitative estimate of drug-likeness (QED) is 0.342. The highest BCUT2D eigenvalue weighted by Crippen LogP contribution is 2.32. The van der Waals surface area contributed by atoms with Crippen molar-refractivity contribution in [1.29, 1.82) is 0 Å². The average molecular weight is 496 g/mol. The molecule has 0 unspecified atom stereocenters. The van der Waals surface area contributed by atoms with Crippen LogP contribution in [-0.2, 0) is 9.59 Å². The molecule has 1 N–H and O–H groups in total. The van der Waals surface area contributed by atoms with E-state index in [1.54, 1.807) is 37.5 Å². The van der Waals surface area contributed by atoms with Crippen LogP contribution in [0.2, 0.25) is 0 Å². The molecule has 34 heavy (non-hydrogen) atoms. The number of hydrogen-bond acceptors (Lipinski definition) is 7. The first-order valence-corrected chi connectivity index (χ1v) is 11.7. The van der Waals surface area contributed by atoms with Gasteiger partial charge in [-0.25, -0.2) is 0 Å². The molecule has 0 aliphatic carbocycles. The van der Waals surface area contributed by atoms with E-state index in [2.05, 4.69) is 5.32 Å². The highest BCUT2D eigenvalue weighted by atomic mass is 32.2. The first-order valence-electron chi connectivity index (χ1n) is 10.5. The number of fused-ring (bicyclic) bond motifs is 1. The van der Waals surface area contributed by atoms with E-state index < -0.39 is 11.8 Å². The molecule has 0 radical (unpaired) electrons. The summed E-state index contributed by atoms with van der Waals surface area (Å²) in [5.74, 6) is -0.650. The number of hydrogen-bond donors (Lipinski definition) is 1. The highest BCUT2D eigenvalue weighted by Gasteiger charge is 2.35. The Labute approximate surface area is 205 Å². The van der Waals surface area contributed by atoms with Crippen LogP contribution in [0.15, 0.2) is 53.4 Å². The fraction of sp³-hybridized carbons (Fsp3) is 0.208. The van der Waals surface area contributed by atoms with Crippen LogP contribution in [0, 0.1) is 0 Å². The van der Waals surface area contributed by atoms with Crippen molar-refractivity contribution in [2.24, 2.45) is 0 Å². The van der Waals surface area contributed by atoms with E-state index in [4.69, 9.17) is 17.0 Å². The van der Waals surface area contributed by atoms with Gasteiger partial charge in [0.1, 0.15) is 10.1 Å². The summed E-state index contributed by atoms with van der Waals surface area (Å²) in [5.41, 5.74) is 1.52. The lowest BCUT2D eigenvalue weighted by Crippen LogP contribution is -2.39. The third-order valence-electron chi connectivity index (χ3n) is 5.36. The number of methoxy groups -OCH3 is 1. The van der Waals surface area contributed by atoms with E-state index in [1.807, 2.05) is 24.3 Å². The number of rotatable bonds is 8. The molecule has 1 saturated heterocycles. The molecular weight excluding hydrogens is 474 g/mol. The number of benzene rings is 2. The summed E-state index contributed by atoms with van der Waals surface area (Å²) in [5, 5.41) is 2.72. The van der Waals surface area contributed by atoms with Gasteiger partial charge in [-0.1, -0.05) is 48.2 Å². The van der Waals surface area contributed by atoms with Crippen molar-refractivity contribution in [3.8, 4) is 5.75 Å². The Morgan fingerprint density at radius 3 is 2.38 bits per heavy atom. The van der Waals surface area contributed by atoms with Crippen molar-refractivity contribution in [2.45, 2.75) is 6.42 Å². The van der Waals surface area contributed by atoms with Gasteiger partial charge in [-0.05, 0) is 35.9 Å². The standard InChI is InChI=1S/C24H21N3O5S2/c1-32-16-6-4-5-15(13-16)14-19-23(31)27(24(33)34-19)12-10-25-20(28)9-11-26-21(29)17-7-2-3-8-18(17)22(26)30/h2-8,13-14H,9-12H2,1H3,(H,25,28)/b19-14+. The van der Waals surface area contributed by atoms with E-state index in [0.29, 0.717) is 26.1 Å². The molecule has 0 saturated carbocycles. The Morgan fingerprint density at radius 1 is 1.00 bits per heavy atom. The normalized spacial score (nSPS) is 16.4. The molecule has 2 aliphatic rings. The molecule has 0 bridgehead atoms. The first-order chi connectivity index (χ1) is 16.4. The number of imide groups is 1. The summed E-state index contributed by atoms with van der Waals surface area (Å²) in [6.45, 7) is 0.404. The average Bonchev–Trinajstić information content (AvgIpc) is 3.24. The van der Waals surface area contributed by atoms with Gasteiger partial charge in [-0.2, -0.15) is 0 Å². The Hall–Kier alpha value is -3.50. The number of thioether (sulfide) groups is 1. The molecule has 2 aliphatic heterocycles. The van der Waals surface area contributed by atoms with Crippen molar-refractivity contribution < 1.29 is 23.9 Å². The lowest BCUT2D eigenvalue weighted by atomic mass is 10.1. The molecule has 0 aromatic heterocycles. The van der Waals surface area contributed by atoms with Gasteiger partial charge >= 0.3 is 0 Å². The number of nitrogens with zero attached hydrogens (tertiary/aromatic N) is 2. The maximum Gasteiger partial charge on any atom is 0.266 e. The zero-order valence-electron chi connectivity index (χ0n) is 18.3. The number of ether oxygens (including phenoxy) is 1. The van der Waals surface area contributed by atoms with Gasteiger partial charge in [-0.15, -0.1) is 0 Å². The van der Waals surface area contributed by atoms with Crippen LogP contribution < -0.4 is 10.1 Å². The highest BCUT2D eigenvalue weighted by molar-refractivity contribution is 8.26. The Kier molecular flexibility index (Phi) is 7.09. The maximum atomic E-state index is 12.8. The summed E-state index contributed by atoms with van der Waals surface area (Å²) < 4.78 is 5.62. The SMILES string of the molecule is COc1cccc(/C=C2/SC(=S)N(CCNC(=O)CCN3C(=O)c4ccccc4C3=O)C2=O)c1. The van der Waals surface area contributed by atoms with Crippen LogP contribution in [0.5, 0.6) is 5.75 Å². The van der Waals surface area contributed by atoms with Crippen LogP contribution in [0.25, 0.3) is 6.08 Å². The van der Waals surface area contributed by atoms with Crippen molar-refractivity contribution in [1.82, 2.24) is 15.1 Å². The van der Waals surface area contributed by atoms with E-state index in [-0.39, 0.29) is 37.9 Å². The number of thiocarbonyl (C=S) groups is 1. The topological polar surface area (TPSA) is 96.0 Å². The second-order valence-electron chi connectivity index (χ2n) is 7.52. The third-order valence-corrected chi connectivity index (χ3v) is 6.74. The molecule has 2 heterocycles. The molecule has 10 heteroatoms. The lowest BCUT2D eigenvalue weighted by Gasteiger charge is -2.16. The summed E-state index contributed by atoms with van der Waals surface area (Å²) in [7, 11) is 1.58. The third kappa shape index (κ3) is 4.87. The van der Waals surface area contributed by atoms with E-state index in [0.717, 1.165) is 10.5 Å². The van der Waals surface area contributed by atoms with Crippen molar-refractivity contribution >= 4 is 58.0 Å². The van der Waals surface area contributed by atoms with Gasteiger partial charge in [0, 0.05) is 26.1 Å². The molecule has 4 amide bonds.